The van der Waals surface area contributed by atoms with Crippen LogP contribution < -0.4 is 5.32 Å². The molecule has 0 fully saturated rings. The number of ether oxygens (including phenoxy) is 1. The minimum atomic E-state index is -0.662. The normalized spacial score (nSPS) is 12.7. The van der Waals surface area contributed by atoms with Crippen molar-refractivity contribution < 1.29 is 24.5 Å². The molecule has 0 saturated heterocycles. The van der Waals surface area contributed by atoms with Gasteiger partial charge in [-0.1, -0.05) is 359 Å². The Morgan fingerprint density at radius 1 is 0.337 bits per heavy atom. The first-order chi connectivity index (χ1) is 41.0. The molecule has 0 heterocycles. The Morgan fingerprint density at radius 2 is 0.602 bits per heavy atom. The fraction of sp³-hybridized carbons (Fsp3) is 0.896. The van der Waals surface area contributed by atoms with Crippen LogP contribution >= 0.6 is 0 Å². The smallest absolute Gasteiger partial charge is 0.305 e. The van der Waals surface area contributed by atoms with Gasteiger partial charge in [0.05, 0.1) is 25.4 Å². The molecule has 2 atom stereocenters. The standard InChI is InChI=1S/C77H147NO5/c1-3-5-7-9-11-13-15-17-18-19-40-43-47-51-55-59-63-67-71-77(82)83-72-68-64-60-56-52-48-44-41-38-36-34-32-30-28-26-24-22-20-21-23-25-27-29-31-33-35-37-39-42-46-50-54-58-62-66-70-76(81)78-74(73-79)75(80)69-65-61-57-53-49-45-16-14-12-10-8-6-4-2/h18-19,22,24,28,30,74-75,79-80H,3-17,20-21,23,25-27,29,31-73H2,1-2H3,(H,78,81)/b19-18-,24-22-,30-28-. The van der Waals surface area contributed by atoms with Gasteiger partial charge >= 0.3 is 5.97 Å². The second-order valence-electron chi connectivity index (χ2n) is 26.0. The lowest BCUT2D eigenvalue weighted by Gasteiger charge is -2.22. The van der Waals surface area contributed by atoms with Gasteiger partial charge < -0.3 is 20.3 Å². The van der Waals surface area contributed by atoms with Crippen molar-refractivity contribution in [2.24, 2.45) is 0 Å². The fourth-order valence-electron chi connectivity index (χ4n) is 11.9. The number of unbranched alkanes of at least 4 members (excludes halogenated alkanes) is 54. The number of hydrogen-bond acceptors (Lipinski definition) is 5. The molecule has 0 aromatic heterocycles. The third-order valence-electron chi connectivity index (χ3n) is 17.7. The van der Waals surface area contributed by atoms with E-state index in [1.165, 1.54) is 334 Å². The topological polar surface area (TPSA) is 95.9 Å². The van der Waals surface area contributed by atoms with Crippen molar-refractivity contribution in [3.8, 4) is 0 Å². The SMILES string of the molecule is CCCCCCCCC/C=C\CCCCCCCCCC(=O)OCCCCCCCCCCCCC/C=C\C/C=C\CCCCCCCCCCCCCCCCCCCC(=O)NC(CO)C(O)CCCCCCCCCCCCCCC. The Morgan fingerprint density at radius 3 is 0.928 bits per heavy atom. The molecule has 6 heteroatoms. The summed E-state index contributed by atoms with van der Waals surface area (Å²) in [4.78, 5) is 24.6. The molecule has 0 aromatic carbocycles. The molecule has 0 bridgehead atoms. The summed E-state index contributed by atoms with van der Waals surface area (Å²) in [6.07, 6.45) is 93.7. The lowest BCUT2D eigenvalue weighted by molar-refractivity contribution is -0.143. The van der Waals surface area contributed by atoms with Crippen molar-refractivity contribution in [3.05, 3.63) is 36.5 Å². The van der Waals surface area contributed by atoms with Gasteiger partial charge in [-0.25, -0.2) is 0 Å². The Hall–Kier alpha value is -1.92. The summed E-state index contributed by atoms with van der Waals surface area (Å²) >= 11 is 0. The molecular weight excluding hydrogens is 1020 g/mol. The van der Waals surface area contributed by atoms with Crippen molar-refractivity contribution >= 4 is 11.9 Å². The van der Waals surface area contributed by atoms with Crippen LogP contribution in [0.4, 0.5) is 0 Å². The molecule has 0 saturated carbocycles. The Balaban J connectivity index is 3.35. The van der Waals surface area contributed by atoms with Crippen LogP contribution in [0.2, 0.25) is 0 Å². The number of nitrogens with one attached hydrogen (secondary N) is 1. The maximum Gasteiger partial charge on any atom is 0.305 e. The number of aliphatic hydroxyl groups is 2. The molecule has 490 valence electrons. The van der Waals surface area contributed by atoms with Gasteiger partial charge in [-0.15, -0.1) is 0 Å². The molecule has 0 rings (SSSR count). The molecule has 0 aliphatic heterocycles. The van der Waals surface area contributed by atoms with E-state index in [1.54, 1.807) is 0 Å². The minimum absolute atomic E-state index is 0.0144. The first-order valence-electron chi connectivity index (χ1n) is 37.7. The lowest BCUT2D eigenvalue weighted by atomic mass is 10.0. The number of allylic oxidation sites excluding steroid dienone is 6. The second-order valence-corrected chi connectivity index (χ2v) is 26.0. The lowest BCUT2D eigenvalue weighted by Crippen LogP contribution is -2.45. The van der Waals surface area contributed by atoms with E-state index in [0.29, 0.717) is 25.9 Å². The number of rotatable bonds is 71. The monoisotopic (exact) mass is 1170 g/mol. The average molecular weight is 1170 g/mol. The van der Waals surface area contributed by atoms with Crippen molar-refractivity contribution in [1.82, 2.24) is 5.32 Å². The van der Waals surface area contributed by atoms with Gasteiger partial charge in [0.2, 0.25) is 5.91 Å². The van der Waals surface area contributed by atoms with E-state index in [2.05, 4.69) is 55.6 Å². The summed E-state index contributed by atoms with van der Waals surface area (Å²) in [6.45, 7) is 4.98. The molecular formula is C77H147NO5. The van der Waals surface area contributed by atoms with Gasteiger partial charge in [-0.2, -0.15) is 0 Å². The highest BCUT2D eigenvalue weighted by molar-refractivity contribution is 5.76. The van der Waals surface area contributed by atoms with Crippen LogP contribution in [-0.4, -0.2) is 47.4 Å². The van der Waals surface area contributed by atoms with Crippen LogP contribution in [-0.2, 0) is 14.3 Å². The molecule has 83 heavy (non-hydrogen) atoms. The Kier molecular flexibility index (Phi) is 70.9. The molecule has 1 amide bonds. The maximum atomic E-state index is 12.5. The quantitative estimate of drug-likeness (QED) is 0.0320. The summed E-state index contributed by atoms with van der Waals surface area (Å²) in [7, 11) is 0. The van der Waals surface area contributed by atoms with Crippen molar-refractivity contribution in [1.29, 1.82) is 0 Å². The number of amides is 1. The van der Waals surface area contributed by atoms with Gasteiger partial charge in [0.25, 0.3) is 0 Å². The number of hydrogen-bond donors (Lipinski definition) is 3. The van der Waals surface area contributed by atoms with Crippen molar-refractivity contribution in [3.63, 3.8) is 0 Å². The van der Waals surface area contributed by atoms with Crippen LogP contribution in [0.3, 0.4) is 0 Å². The number of carbonyl (C=O) groups is 2. The summed E-state index contributed by atoms with van der Waals surface area (Å²) in [5, 5.41) is 23.3. The minimum Gasteiger partial charge on any atom is -0.466 e. The van der Waals surface area contributed by atoms with Crippen LogP contribution in [0.25, 0.3) is 0 Å². The third-order valence-corrected chi connectivity index (χ3v) is 17.7. The summed E-state index contributed by atoms with van der Waals surface area (Å²) in [6, 6.07) is -0.539. The molecule has 0 spiro atoms. The van der Waals surface area contributed by atoms with E-state index in [1.807, 2.05) is 0 Å². The van der Waals surface area contributed by atoms with Crippen LogP contribution in [0.15, 0.2) is 36.5 Å². The van der Waals surface area contributed by atoms with Gasteiger partial charge in [0, 0.05) is 12.8 Å². The number of aliphatic hydroxyl groups excluding tert-OH is 2. The molecule has 0 radical (unpaired) electrons. The summed E-state index contributed by atoms with van der Waals surface area (Å²) < 4.78 is 5.51. The Labute approximate surface area is 519 Å². The second kappa shape index (κ2) is 72.6. The zero-order valence-electron chi connectivity index (χ0n) is 56.2. The average Bonchev–Trinajstić information content (AvgIpc) is 3.49. The molecule has 0 aliphatic carbocycles. The van der Waals surface area contributed by atoms with E-state index >= 15 is 0 Å². The van der Waals surface area contributed by atoms with Crippen LogP contribution in [0.1, 0.15) is 418 Å². The third kappa shape index (κ3) is 69.1. The zero-order valence-corrected chi connectivity index (χ0v) is 56.2. The zero-order chi connectivity index (χ0) is 59.9. The molecule has 6 nitrogen and oxygen atoms in total. The van der Waals surface area contributed by atoms with E-state index in [9.17, 15) is 19.8 Å². The fourth-order valence-corrected chi connectivity index (χ4v) is 11.9. The first kappa shape index (κ1) is 81.1. The van der Waals surface area contributed by atoms with Gasteiger partial charge in [-0.05, 0) is 83.5 Å². The van der Waals surface area contributed by atoms with Gasteiger partial charge in [-0.3, -0.25) is 9.59 Å². The van der Waals surface area contributed by atoms with E-state index in [-0.39, 0.29) is 18.5 Å². The number of esters is 1. The predicted molar refractivity (Wildman–Crippen MR) is 366 cm³/mol. The maximum absolute atomic E-state index is 12.5. The van der Waals surface area contributed by atoms with Gasteiger partial charge in [0.1, 0.15) is 0 Å². The molecule has 0 aromatic rings. The van der Waals surface area contributed by atoms with Crippen molar-refractivity contribution in [2.45, 2.75) is 431 Å². The summed E-state index contributed by atoms with van der Waals surface area (Å²) in [5.74, 6) is -0.0162. The molecule has 2 unspecified atom stereocenters. The van der Waals surface area contributed by atoms with E-state index in [0.717, 1.165) is 51.4 Å². The highest BCUT2D eigenvalue weighted by atomic mass is 16.5. The van der Waals surface area contributed by atoms with E-state index < -0.39 is 12.1 Å². The molecule has 0 aliphatic rings. The first-order valence-corrected chi connectivity index (χ1v) is 37.7. The highest BCUT2D eigenvalue weighted by Gasteiger charge is 2.20. The largest absolute Gasteiger partial charge is 0.466 e. The van der Waals surface area contributed by atoms with Crippen LogP contribution in [0.5, 0.6) is 0 Å². The van der Waals surface area contributed by atoms with Gasteiger partial charge in [0.15, 0.2) is 0 Å². The van der Waals surface area contributed by atoms with Crippen LogP contribution in [0, 0.1) is 0 Å². The van der Waals surface area contributed by atoms with Crippen molar-refractivity contribution in [2.75, 3.05) is 13.2 Å². The Bertz CT molecular complexity index is 1340. The van der Waals surface area contributed by atoms with E-state index in [4.69, 9.17) is 4.74 Å². The molecule has 3 N–H and O–H groups in total. The highest BCUT2D eigenvalue weighted by Crippen LogP contribution is 2.19. The summed E-state index contributed by atoms with van der Waals surface area (Å²) in [5.41, 5.74) is 0. The number of carbonyl (C=O) groups excluding carboxylic acids is 2. The predicted octanol–water partition coefficient (Wildman–Crippen LogP) is 24.7.